The van der Waals surface area contributed by atoms with E-state index in [4.69, 9.17) is 4.52 Å². The Bertz CT molecular complexity index is 844. The molecule has 0 amide bonds. The van der Waals surface area contributed by atoms with E-state index >= 15 is 0 Å². The lowest BCUT2D eigenvalue weighted by Crippen LogP contribution is -2.45. The highest BCUT2D eigenvalue weighted by molar-refractivity contribution is 5.26. The van der Waals surface area contributed by atoms with Crippen LogP contribution >= 0.6 is 0 Å². The zero-order valence-corrected chi connectivity index (χ0v) is 15.8. The number of aryl methyl sites for hydroxylation is 1. The summed E-state index contributed by atoms with van der Waals surface area (Å²) in [5, 5.41) is 7.72. The Morgan fingerprint density at radius 1 is 1.07 bits per heavy atom. The van der Waals surface area contributed by atoms with Gasteiger partial charge in [-0.05, 0) is 23.1 Å². The van der Waals surface area contributed by atoms with Crippen LogP contribution in [0.3, 0.4) is 0 Å². The summed E-state index contributed by atoms with van der Waals surface area (Å²) in [6.45, 7) is 5.80. The van der Waals surface area contributed by atoms with Crippen LogP contribution in [-0.2, 0) is 19.4 Å². The van der Waals surface area contributed by atoms with Gasteiger partial charge in [-0.15, -0.1) is 0 Å². The second kappa shape index (κ2) is 8.46. The number of nitrogens with zero attached hydrogens (tertiary/aromatic N) is 3. The predicted octanol–water partition coefficient (Wildman–Crippen LogP) is 3.37. The highest BCUT2D eigenvalue weighted by atomic mass is 16.5. The van der Waals surface area contributed by atoms with Gasteiger partial charge in [0.1, 0.15) is 0 Å². The predicted molar refractivity (Wildman–Crippen MR) is 105 cm³/mol. The molecule has 1 aliphatic rings. The summed E-state index contributed by atoms with van der Waals surface area (Å²) < 4.78 is 5.48. The molecule has 1 aliphatic heterocycles. The Morgan fingerprint density at radius 3 is 2.67 bits per heavy atom. The molecule has 2 aromatic carbocycles. The van der Waals surface area contributed by atoms with Crippen molar-refractivity contribution in [2.24, 2.45) is 0 Å². The molecule has 27 heavy (non-hydrogen) atoms. The van der Waals surface area contributed by atoms with Crippen LogP contribution in [0.1, 0.15) is 41.4 Å². The molecule has 5 nitrogen and oxygen atoms in total. The molecule has 0 spiro atoms. The van der Waals surface area contributed by atoms with Crippen molar-refractivity contribution in [3.8, 4) is 0 Å². The molecule has 1 aromatic heterocycles. The summed E-state index contributed by atoms with van der Waals surface area (Å²) in [7, 11) is 0. The van der Waals surface area contributed by atoms with Gasteiger partial charge in [0.05, 0.1) is 13.0 Å². The molecule has 1 fully saturated rings. The number of hydrogen-bond acceptors (Lipinski definition) is 5. The molecule has 0 radical (unpaired) electrons. The third-order valence-corrected chi connectivity index (χ3v) is 5.18. The van der Waals surface area contributed by atoms with E-state index in [1.807, 2.05) is 18.2 Å². The molecule has 1 N–H and O–H groups in total. The van der Waals surface area contributed by atoms with E-state index in [1.54, 1.807) is 0 Å². The average molecular weight is 362 g/mol. The van der Waals surface area contributed by atoms with Crippen molar-refractivity contribution in [2.75, 3.05) is 19.6 Å². The summed E-state index contributed by atoms with van der Waals surface area (Å²) >= 11 is 0. The smallest absolute Gasteiger partial charge is 0.231 e. The average Bonchev–Trinajstić information content (AvgIpc) is 3.16. The van der Waals surface area contributed by atoms with Gasteiger partial charge in [0.25, 0.3) is 0 Å². The van der Waals surface area contributed by atoms with Gasteiger partial charge in [0.2, 0.25) is 5.89 Å². The molecule has 140 valence electrons. The maximum Gasteiger partial charge on any atom is 0.231 e. The van der Waals surface area contributed by atoms with E-state index in [1.165, 1.54) is 16.7 Å². The van der Waals surface area contributed by atoms with E-state index in [2.05, 4.69) is 63.7 Å². The molecular formula is C22H26N4O. The number of hydrogen-bond donors (Lipinski definition) is 1. The first-order chi connectivity index (χ1) is 13.3. The van der Waals surface area contributed by atoms with Crippen molar-refractivity contribution >= 4 is 0 Å². The molecule has 1 atom stereocenters. The van der Waals surface area contributed by atoms with Crippen LogP contribution in [0.2, 0.25) is 0 Å². The van der Waals surface area contributed by atoms with Crippen LogP contribution in [0, 0.1) is 0 Å². The van der Waals surface area contributed by atoms with Gasteiger partial charge in [0.15, 0.2) is 5.82 Å². The Morgan fingerprint density at radius 2 is 1.89 bits per heavy atom. The van der Waals surface area contributed by atoms with Gasteiger partial charge in [-0.3, -0.25) is 4.90 Å². The van der Waals surface area contributed by atoms with E-state index in [9.17, 15) is 0 Å². The topological polar surface area (TPSA) is 54.2 Å². The van der Waals surface area contributed by atoms with E-state index < -0.39 is 0 Å². The monoisotopic (exact) mass is 362 g/mol. The minimum Gasteiger partial charge on any atom is -0.339 e. The fraction of sp³-hybridized carbons (Fsp3) is 0.364. The molecule has 1 unspecified atom stereocenters. The minimum absolute atomic E-state index is 0.334. The van der Waals surface area contributed by atoms with Crippen LogP contribution in [0.4, 0.5) is 0 Å². The van der Waals surface area contributed by atoms with Crippen LogP contribution in [0.15, 0.2) is 59.1 Å². The standard InChI is InChI=1S/C22H26N4O/c1-2-17-8-10-19(11-9-17)20-15-23-12-13-26(20)16-21-24-22(27-25-21)14-18-6-4-3-5-7-18/h3-11,20,23H,2,12-16H2,1H3. The maximum atomic E-state index is 5.48. The van der Waals surface area contributed by atoms with Crippen LogP contribution in [0.5, 0.6) is 0 Å². The van der Waals surface area contributed by atoms with Gasteiger partial charge in [-0.2, -0.15) is 4.98 Å². The normalized spacial score (nSPS) is 17.9. The number of aromatic nitrogens is 2. The zero-order valence-electron chi connectivity index (χ0n) is 15.8. The Hall–Kier alpha value is -2.50. The fourth-order valence-corrected chi connectivity index (χ4v) is 3.62. The Balaban J connectivity index is 1.45. The molecule has 0 aliphatic carbocycles. The first-order valence-corrected chi connectivity index (χ1v) is 9.71. The minimum atomic E-state index is 0.334. The van der Waals surface area contributed by atoms with Crippen molar-refractivity contribution in [1.29, 1.82) is 0 Å². The molecule has 1 saturated heterocycles. The Labute approximate surface area is 160 Å². The molecular weight excluding hydrogens is 336 g/mol. The highest BCUT2D eigenvalue weighted by Gasteiger charge is 2.25. The van der Waals surface area contributed by atoms with Crippen LogP contribution < -0.4 is 5.32 Å². The molecule has 0 bridgehead atoms. The summed E-state index contributed by atoms with van der Waals surface area (Å²) in [6.07, 6.45) is 1.75. The second-order valence-electron chi connectivity index (χ2n) is 7.05. The number of piperazine rings is 1. The first-order valence-electron chi connectivity index (χ1n) is 9.71. The third kappa shape index (κ3) is 4.43. The highest BCUT2D eigenvalue weighted by Crippen LogP contribution is 2.24. The van der Waals surface area contributed by atoms with Crippen molar-refractivity contribution in [2.45, 2.75) is 32.4 Å². The van der Waals surface area contributed by atoms with E-state index in [-0.39, 0.29) is 0 Å². The zero-order chi connectivity index (χ0) is 18.5. The van der Waals surface area contributed by atoms with E-state index in [0.29, 0.717) is 24.9 Å². The largest absolute Gasteiger partial charge is 0.339 e. The lowest BCUT2D eigenvalue weighted by atomic mass is 10.0. The molecule has 0 saturated carbocycles. The summed E-state index contributed by atoms with van der Waals surface area (Å²) in [5.74, 6) is 1.44. The van der Waals surface area contributed by atoms with E-state index in [0.717, 1.165) is 31.9 Å². The third-order valence-electron chi connectivity index (χ3n) is 5.18. The summed E-state index contributed by atoms with van der Waals surface area (Å²) in [6, 6.07) is 19.5. The SMILES string of the molecule is CCc1ccc(C2CNCCN2Cc2noc(Cc3ccccc3)n2)cc1. The first kappa shape index (κ1) is 17.9. The van der Waals surface area contributed by atoms with Crippen molar-refractivity contribution in [3.63, 3.8) is 0 Å². The van der Waals surface area contributed by atoms with Crippen molar-refractivity contribution in [1.82, 2.24) is 20.4 Å². The molecule has 5 heteroatoms. The van der Waals surface area contributed by atoms with Crippen molar-refractivity contribution in [3.05, 3.63) is 83.0 Å². The van der Waals surface area contributed by atoms with Gasteiger partial charge in [-0.25, -0.2) is 0 Å². The Kier molecular flexibility index (Phi) is 5.61. The van der Waals surface area contributed by atoms with Gasteiger partial charge >= 0.3 is 0 Å². The molecule has 2 heterocycles. The fourth-order valence-electron chi connectivity index (χ4n) is 3.62. The van der Waals surface area contributed by atoms with Crippen LogP contribution in [-0.4, -0.2) is 34.7 Å². The van der Waals surface area contributed by atoms with Gasteiger partial charge < -0.3 is 9.84 Å². The number of rotatable bonds is 6. The summed E-state index contributed by atoms with van der Waals surface area (Å²) in [4.78, 5) is 7.05. The quantitative estimate of drug-likeness (QED) is 0.729. The van der Waals surface area contributed by atoms with Gasteiger partial charge in [-0.1, -0.05) is 66.7 Å². The lowest BCUT2D eigenvalue weighted by molar-refractivity contribution is 0.148. The number of benzene rings is 2. The maximum absolute atomic E-state index is 5.48. The second-order valence-corrected chi connectivity index (χ2v) is 7.05. The van der Waals surface area contributed by atoms with Crippen LogP contribution in [0.25, 0.3) is 0 Å². The molecule has 4 rings (SSSR count). The lowest BCUT2D eigenvalue weighted by Gasteiger charge is -2.35. The number of nitrogens with one attached hydrogen (secondary N) is 1. The van der Waals surface area contributed by atoms with Gasteiger partial charge in [0, 0.05) is 25.7 Å². The summed E-state index contributed by atoms with van der Waals surface area (Å²) in [5.41, 5.74) is 3.90. The van der Waals surface area contributed by atoms with Crippen molar-refractivity contribution < 1.29 is 4.52 Å². The molecule has 3 aromatic rings.